The van der Waals surface area contributed by atoms with Gasteiger partial charge in [-0.1, -0.05) is 36.4 Å². The van der Waals surface area contributed by atoms with Gasteiger partial charge >= 0.3 is 5.97 Å². The van der Waals surface area contributed by atoms with E-state index in [1.165, 1.54) is 0 Å². The van der Waals surface area contributed by atoms with Gasteiger partial charge in [0.1, 0.15) is 0 Å². The summed E-state index contributed by atoms with van der Waals surface area (Å²) in [6.07, 6.45) is 3.40. The topological polar surface area (TPSA) is 26.3 Å². The lowest BCUT2D eigenvalue weighted by Crippen LogP contribution is -2.15. The molecule has 86 valence electrons. The zero-order chi connectivity index (χ0) is 11.8. The van der Waals surface area contributed by atoms with Gasteiger partial charge in [-0.2, -0.15) is 0 Å². The molecule has 16 heavy (non-hydrogen) atoms. The number of carbonyl (C=O) groups excluding carboxylic acids is 1. The van der Waals surface area contributed by atoms with Gasteiger partial charge in [0.2, 0.25) is 0 Å². The fourth-order valence-electron chi connectivity index (χ4n) is 1.63. The molecule has 2 nitrogen and oxygen atoms in total. The number of rotatable bonds is 6. The maximum atomic E-state index is 11.8. The average Bonchev–Trinajstić information content (AvgIpc) is 2.31. The standard InChI is InChI=1S/C14H18O2/c1-3-5-11-13(14(15)16-4-2)12-9-7-6-8-10-12/h3,6-10,13H,1,4-5,11H2,2H3/t13-/m1/s1. The Labute approximate surface area is 96.9 Å². The van der Waals surface area contributed by atoms with Crippen LogP contribution in [0.2, 0.25) is 0 Å². The number of ether oxygens (including phenoxy) is 1. The van der Waals surface area contributed by atoms with E-state index in [2.05, 4.69) is 6.58 Å². The SMILES string of the molecule is C=CCC[C@@H](C(=O)OCC)c1ccccc1. The molecule has 0 radical (unpaired) electrons. The molecule has 2 heteroatoms. The molecule has 0 aliphatic carbocycles. The van der Waals surface area contributed by atoms with Gasteiger partial charge in [-0.3, -0.25) is 4.79 Å². The van der Waals surface area contributed by atoms with Crippen molar-refractivity contribution in [2.45, 2.75) is 25.7 Å². The first-order chi connectivity index (χ1) is 7.79. The van der Waals surface area contributed by atoms with E-state index in [1.807, 2.05) is 43.3 Å². The third-order valence-electron chi connectivity index (χ3n) is 2.43. The molecule has 1 aromatic carbocycles. The molecule has 0 saturated carbocycles. The van der Waals surface area contributed by atoms with Crippen molar-refractivity contribution >= 4 is 5.97 Å². The minimum atomic E-state index is -0.167. The number of carbonyl (C=O) groups is 1. The van der Waals surface area contributed by atoms with Crippen LogP contribution < -0.4 is 0 Å². The second-order valence-corrected chi connectivity index (χ2v) is 3.58. The Hall–Kier alpha value is -1.57. The van der Waals surface area contributed by atoms with E-state index in [9.17, 15) is 4.79 Å². The molecule has 0 unspecified atom stereocenters. The van der Waals surface area contributed by atoms with Crippen LogP contribution in [-0.2, 0) is 9.53 Å². The Morgan fingerprint density at radius 2 is 2.12 bits per heavy atom. The van der Waals surface area contributed by atoms with Gasteiger partial charge in [0, 0.05) is 0 Å². The lowest BCUT2D eigenvalue weighted by Gasteiger charge is -2.14. The molecule has 0 aliphatic heterocycles. The summed E-state index contributed by atoms with van der Waals surface area (Å²) >= 11 is 0. The van der Waals surface area contributed by atoms with Gasteiger partial charge in [0.15, 0.2) is 0 Å². The van der Waals surface area contributed by atoms with Gasteiger partial charge in [-0.25, -0.2) is 0 Å². The highest BCUT2D eigenvalue weighted by Crippen LogP contribution is 2.22. The van der Waals surface area contributed by atoms with Crippen LogP contribution in [-0.4, -0.2) is 12.6 Å². The largest absolute Gasteiger partial charge is 0.466 e. The van der Waals surface area contributed by atoms with E-state index in [0.29, 0.717) is 6.61 Å². The first-order valence-electron chi connectivity index (χ1n) is 5.62. The number of hydrogen-bond donors (Lipinski definition) is 0. The van der Waals surface area contributed by atoms with Crippen LogP contribution in [0.5, 0.6) is 0 Å². The summed E-state index contributed by atoms with van der Waals surface area (Å²) in [5, 5.41) is 0. The van der Waals surface area contributed by atoms with E-state index in [-0.39, 0.29) is 11.9 Å². The van der Waals surface area contributed by atoms with Crippen molar-refractivity contribution in [2.75, 3.05) is 6.61 Å². The molecule has 0 saturated heterocycles. The molecule has 0 spiro atoms. The number of benzene rings is 1. The average molecular weight is 218 g/mol. The number of esters is 1. The number of allylic oxidation sites excluding steroid dienone is 1. The second-order valence-electron chi connectivity index (χ2n) is 3.58. The normalized spacial score (nSPS) is 11.8. The first kappa shape index (κ1) is 12.5. The Morgan fingerprint density at radius 1 is 1.44 bits per heavy atom. The second kappa shape index (κ2) is 6.83. The highest BCUT2D eigenvalue weighted by molar-refractivity contribution is 5.78. The highest BCUT2D eigenvalue weighted by Gasteiger charge is 2.20. The third kappa shape index (κ3) is 3.54. The van der Waals surface area contributed by atoms with E-state index in [4.69, 9.17) is 4.74 Å². The number of hydrogen-bond acceptors (Lipinski definition) is 2. The van der Waals surface area contributed by atoms with E-state index in [1.54, 1.807) is 0 Å². The summed E-state index contributed by atoms with van der Waals surface area (Å²) in [4.78, 5) is 11.8. The van der Waals surface area contributed by atoms with Crippen molar-refractivity contribution in [1.29, 1.82) is 0 Å². The van der Waals surface area contributed by atoms with Gasteiger partial charge in [-0.05, 0) is 25.3 Å². The Morgan fingerprint density at radius 3 is 2.69 bits per heavy atom. The smallest absolute Gasteiger partial charge is 0.313 e. The van der Waals surface area contributed by atoms with Crippen molar-refractivity contribution in [3.8, 4) is 0 Å². The Bertz CT molecular complexity index is 330. The molecule has 1 aromatic rings. The molecular weight excluding hydrogens is 200 g/mol. The van der Waals surface area contributed by atoms with Gasteiger partial charge in [0.05, 0.1) is 12.5 Å². The molecule has 1 rings (SSSR count). The molecule has 0 amide bonds. The Balaban J connectivity index is 2.78. The highest BCUT2D eigenvalue weighted by atomic mass is 16.5. The summed E-state index contributed by atoms with van der Waals surface area (Å²) < 4.78 is 5.08. The molecule has 0 fully saturated rings. The van der Waals surface area contributed by atoms with E-state index in [0.717, 1.165) is 18.4 Å². The predicted molar refractivity (Wildman–Crippen MR) is 65.2 cm³/mol. The van der Waals surface area contributed by atoms with Gasteiger partial charge in [0.25, 0.3) is 0 Å². The quantitative estimate of drug-likeness (QED) is 0.541. The van der Waals surface area contributed by atoms with Crippen molar-refractivity contribution in [1.82, 2.24) is 0 Å². The maximum Gasteiger partial charge on any atom is 0.313 e. The molecule has 1 atom stereocenters. The fourth-order valence-corrected chi connectivity index (χ4v) is 1.63. The van der Waals surface area contributed by atoms with Crippen molar-refractivity contribution < 1.29 is 9.53 Å². The van der Waals surface area contributed by atoms with Crippen molar-refractivity contribution in [2.24, 2.45) is 0 Å². The van der Waals surface area contributed by atoms with Crippen LogP contribution in [0.3, 0.4) is 0 Å². The molecule has 0 aromatic heterocycles. The van der Waals surface area contributed by atoms with Crippen LogP contribution in [0.1, 0.15) is 31.2 Å². The summed E-state index contributed by atoms with van der Waals surface area (Å²) in [7, 11) is 0. The summed E-state index contributed by atoms with van der Waals surface area (Å²) in [6, 6.07) is 9.75. The van der Waals surface area contributed by atoms with Crippen LogP contribution >= 0.6 is 0 Å². The summed E-state index contributed by atoms with van der Waals surface area (Å²) in [6.45, 7) is 5.93. The molecule has 0 aliphatic rings. The third-order valence-corrected chi connectivity index (χ3v) is 2.43. The van der Waals surface area contributed by atoms with E-state index < -0.39 is 0 Å². The summed E-state index contributed by atoms with van der Waals surface area (Å²) in [5.74, 6) is -0.310. The van der Waals surface area contributed by atoms with Crippen LogP contribution in [0.25, 0.3) is 0 Å². The Kier molecular flexibility index (Phi) is 5.34. The predicted octanol–water partition coefficient (Wildman–Crippen LogP) is 3.30. The zero-order valence-corrected chi connectivity index (χ0v) is 9.69. The summed E-state index contributed by atoms with van der Waals surface area (Å²) in [5.41, 5.74) is 1.02. The van der Waals surface area contributed by atoms with Gasteiger partial charge < -0.3 is 4.74 Å². The lowest BCUT2D eigenvalue weighted by atomic mass is 9.94. The van der Waals surface area contributed by atoms with E-state index >= 15 is 0 Å². The van der Waals surface area contributed by atoms with Crippen LogP contribution in [0, 0.1) is 0 Å². The van der Waals surface area contributed by atoms with Crippen molar-refractivity contribution in [3.63, 3.8) is 0 Å². The minimum Gasteiger partial charge on any atom is -0.466 e. The monoisotopic (exact) mass is 218 g/mol. The lowest BCUT2D eigenvalue weighted by molar-refractivity contribution is -0.145. The molecule has 0 N–H and O–H groups in total. The minimum absolute atomic E-state index is 0.143. The fraction of sp³-hybridized carbons (Fsp3) is 0.357. The molecule has 0 bridgehead atoms. The first-order valence-corrected chi connectivity index (χ1v) is 5.62. The van der Waals surface area contributed by atoms with Crippen molar-refractivity contribution in [3.05, 3.63) is 48.6 Å². The molecule has 0 heterocycles. The molecular formula is C14H18O2. The van der Waals surface area contributed by atoms with Crippen LogP contribution in [0.4, 0.5) is 0 Å². The van der Waals surface area contributed by atoms with Crippen LogP contribution in [0.15, 0.2) is 43.0 Å². The maximum absolute atomic E-state index is 11.8. The zero-order valence-electron chi connectivity index (χ0n) is 9.69. The van der Waals surface area contributed by atoms with Gasteiger partial charge in [-0.15, -0.1) is 6.58 Å².